The molecule has 0 spiro atoms. The largest absolute Gasteiger partial charge is 0.462 e. The lowest BCUT2D eigenvalue weighted by molar-refractivity contribution is -0.167. The lowest BCUT2D eigenvalue weighted by Gasteiger charge is -2.18. The Morgan fingerprint density at radius 2 is 0.571 bits per heavy atom. The fourth-order valence-electron chi connectivity index (χ4n) is 8.49. The Kier molecular flexibility index (Phi) is 55.8. The highest BCUT2D eigenvalue weighted by Gasteiger charge is 2.19. The molecule has 70 heavy (non-hydrogen) atoms. The number of ether oxygens (including phenoxy) is 3. The van der Waals surface area contributed by atoms with Crippen LogP contribution in [-0.4, -0.2) is 37.2 Å². The van der Waals surface area contributed by atoms with E-state index in [4.69, 9.17) is 14.2 Å². The molecular weight excluding hydrogens is 865 g/mol. The second-order valence-corrected chi connectivity index (χ2v) is 20.0. The topological polar surface area (TPSA) is 78.9 Å². The Labute approximate surface area is 433 Å². The molecule has 0 bridgehead atoms. The average Bonchev–Trinajstić information content (AvgIpc) is 3.36. The molecular formula is C64H112O6. The third kappa shape index (κ3) is 55.8. The second kappa shape index (κ2) is 58.4. The zero-order chi connectivity index (χ0) is 50.7. The zero-order valence-corrected chi connectivity index (χ0v) is 46.3. The van der Waals surface area contributed by atoms with Gasteiger partial charge >= 0.3 is 17.9 Å². The molecule has 0 fully saturated rings. The van der Waals surface area contributed by atoms with Gasteiger partial charge in [-0.05, 0) is 89.9 Å². The summed E-state index contributed by atoms with van der Waals surface area (Å²) in [6.07, 6.45) is 74.6. The van der Waals surface area contributed by atoms with Gasteiger partial charge in [0.2, 0.25) is 0 Å². The molecule has 0 heterocycles. The molecule has 6 nitrogen and oxygen atoms in total. The summed E-state index contributed by atoms with van der Waals surface area (Å²) >= 11 is 0. The molecule has 0 rings (SSSR count). The second-order valence-electron chi connectivity index (χ2n) is 20.0. The molecule has 1 atom stereocenters. The fourth-order valence-corrected chi connectivity index (χ4v) is 8.49. The van der Waals surface area contributed by atoms with Crippen molar-refractivity contribution in [3.8, 4) is 0 Å². The minimum Gasteiger partial charge on any atom is -0.462 e. The van der Waals surface area contributed by atoms with Crippen molar-refractivity contribution in [2.45, 2.75) is 303 Å². The van der Waals surface area contributed by atoms with E-state index in [1.54, 1.807) is 0 Å². The molecule has 0 aromatic carbocycles. The predicted molar refractivity (Wildman–Crippen MR) is 302 cm³/mol. The van der Waals surface area contributed by atoms with E-state index in [9.17, 15) is 14.4 Å². The number of rotatable bonds is 54. The van der Waals surface area contributed by atoms with Crippen LogP contribution < -0.4 is 0 Å². The fraction of sp³-hybridized carbons (Fsp3) is 0.766. The van der Waals surface area contributed by atoms with E-state index < -0.39 is 6.10 Å². The normalized spacial score (nSPS) is 12.6. The van der Waals surface area contributed by atoms with Crippen molar-refractivity contribution < 1.29 is 28.6 Å². The van der Waals surface area contributed by atoms with Crippen LogP contribution in [0.15, 0.2) is 72.9 Å². The highest BCUT2D eigenvalue weighted by Crippen LogP contribution is 2.16. The van der Waals surface area contributed by atoms with E-state index in [2.05, 4.69) is 93.7 Å². The molecule has 0 amide bonds. The third-order valence-corrected chi connectivity index (χ3v) is 13.0. The van der Waals surface area contributed by atoms with Gasteiger partial charge < -0.3 is 14.2 Å². The van der Waals surface area contributed by atoms with Crippen molar-refractivity contribution in [3.05, 3.63) is 72.9 Å². The van der Waals surface area contributed by atoms with Crippen LogP contribution in [0.1, 0.15) is 297 Å². The summed E-state index contributed by atoms with van der Waals surface area (Å²) in [4.78, 5) is 38.2. The van der Waals surface area contributed by atoms with Gasteiger partial charge in [-0.1, -0.05) is 261 Å². The van der Waals surface area contributed by atoms with Gasteiger partial charge in [0.05, 0.1) is 0 Å². The predicted octanol–water partition coefficient (Wildman–Crippen LogP) is 20.2. The first kappa shape index (κ1) is 66.9. The number of allylic oxidation sites excluding steroid dienone is 12. The van der Waals surface area contributed by atoms with Gasteiger partial charge in [-0.2, -0.15) is 0 Å². The minimum absolute atomic E-state index is 0.0836. The Hall–Kier alpha value is -3.15. The Morgan fingerprint density at radius 3 is 0.943 bits per heavy atom. The van der Waals surface area contributed by atoms with Crippen LogP contribution in [-0.2, 0) is 28.6 Å². The number of hydrogen-bond acceptors (Lipinski definition) is 6. The summed E-state index contributed by atoms with van der Waals surface area (Å²) in [5.74, 6) is -0.897. The Bertz CT molecular complexity index is 1310. The van der Waals surface area contributed by atoms with E-state index in [-0.39, 0.29) is 31.1 Å². The maximum absolute atomic E-state index is 12.9. The van der Waals surface area contributed by atoms with Crippen LogP contribution >= 0.6 is 0 Å². The average molecular weight is 978 g/mol. The van der Waals surface area contributed by atoms with Gasteiger partial charge in [-0.25, -0.2) is 0 Å². The van der Waals surface area contributed by atoms with Crippen LogP contribution in [0.4, 0.5) is 0 Å². The van der Waals surface area contributed by atoms with E-state index in [1.807, 2.05) is 0 Å². The SMILES string of the molecule is CC\C=C/C=C\C=C/CCCCCCCCCC(=O)OCC(COC(=O)CCCCCCCCCCCC/C=C\C=C/CCCCC)OC(=O)CCCCCCC/C=C\CCCCCCCCCCC. The molecule has 0 N–H and O–H groups in total. The van der Waals surface area contributed by atoms with Crippen molar-refractivity contribution >= 4 is 17.9 Å². The van der Waals surface area contributed by atoms with E-state index in [0.717, 1.165) is 83.5 Å². The highest BCUT2D eigenvalue weighted by molar-refractivity contribution is 5.71. The first-order valence-electron chi connectivity index (χ1n) is 30.0. The molecule has 0 aliphatic heterocycles. The summed E-state index contributed by atoms with van der Waals surface area (Å²) in [6, 6.07) is 0. The lowest BCUT2D eigenvalue weighted by Crippen LogP contribution is -2.30. The first-order valence-corrected chi connectivity index (χ1v) is 30.0. The summed E-state index contributed by atoms with van der Waals surface area (Å²) in [6.45, 7) is 6.49. The van der Waals surface area contributed by atoms with E-state index in [1.165, 1.54) is 173 Å². The van der Waals surface area contributed by atoms with Crippen molar-refractivity contribution in [1.82, 2.24) is 0 Å². The van der Waals surface area contributed by atoms with Crippen LogP contribution in [0.5, 0.6) is 0 Å². The third-order valence-electron chi connectivity index (χ3n) is 13.0. The smallest absolute Gasteiger partial charge is 0.306 e. The van der Waals surface area contributed by atoms with Gasteiger partial charge in [0, 0.05) is 19.3 Å². The van der Waals surface area contributed by atoms with Gasteiger partial charge in [0.25, 0.3) is 0 Å². The van der Waals surface area contributed by atoms with Gasteiger partial charge in [0.15, 0.2) is 6.10 Å². The molecule has 0 saturated heterocycles. The molecule has 0 aromatic heterocycles. The molecule has 0 aliphatic carbocycles. The summed E-state index contributed by atoms with van der Waals surface area (Å²) in [5, 5.41) is 0. The Balaban J connectivity index is 4.39. The molecule has 6 heteroatoms. The summed E-state index contributed by atoms with van der Waals surface area (Å²) in [7, 11) is 0. The monoisotopic (exact) mass is 977 g/mol. The maximum Gasteiger partial charge on any atom is 0.306 e. The van der Waals surface area contributed by atoms with Gasteiger partial charge in [0.1, 0.15) is 13.2 Å². The Morgan fingerprint density at radius 1 is 0.300 bits per heavy atom. The van der Waals surface area contributed by atoms with Crippen LogP contribution in [0.3, 0.4) is 0 Å². The lowest BCUT2D eigenvalue weighted by atomic mass is 10.1. The first-order chi connectivity index (χ1) is 34.5. The van der Waals surface area contributed by atoms with Crippen molar-refractivity contribution in [3.63, 3.8) is 0 Å². The van der Waals surface area contributed by atoms with Crippen molar-refractivity contribution in [1.29, 1.82) is 0 Å². The van der Waals surface area contributed by atoms with E-state index >= 15 is 0 Å². The molecule has 404 valence electrons. The number of hydrogen-bond donors (Lipinski definition) is 0. The van der Waals surface area contributed by atoms with Gasteiger partial charge in [-0.3, -0.25) is 14.4 Å². The highest BCUT2D eigenvalue weighted by atomic mass is 16.6. The van der Waals surface area contributed by atoms with Crippen LogP contribution in [0.25, 0.3) is 0 Å². The molecule has 1 unspecified atom stereocenters. The number of carbonyl (C=O) groups is 3. The standard InChI is InChI=1S/C64H112O6/c1-4-7-10-13-16-19-22-25-28-30-32-34-36-39-42-45-48-51-54-57-63(66)69-60-61(59-68-62(65)56-53-50-47-44-41-38-35-27-24-21-18-15-12-9-6-3)70-64(67)58-55-52-49-46-43-40-37-33-31-29-26-23-20-17-14-11-8-5-2/h9,12,15-16,18-19,21-22,24-25,33,37,61H,4-8,10-11,13-14,17,20,23,26-32,34-36,38-60H2,1-3H3/b12-9-,18-15-,19-16-,24-21-,25-22-,37-33-. The van der Waals surface area contributed by atoms with Gasteiger partial charge in [-0.15, -0.1) is 0 Å². The minimum atomic E-state index is -0.787. The zero-order valence-electron chi connectivity index (χ0n) is 46.3. The molecule has 0 saturated carbocycles. The van der Waals surface area contributed by atoms with E-state index in [0.29, 0.717) is 19.3 Å². The number of unbranched alkanes of at least 4 members (excludes halogenated alkanes) is 34. The number of esters is 3. The van der Waals surface area contributed by atoms with Crippen molar-refractivity contribution in [2.75, 3.05) is 13.2 Å². The molecule has 0 aromatic rings. The van der Waals surface area contributed by atoms with Crippen molar-refractivity contribution in [2.24, 2.45) is 0 Å². The van der Waals surface area contributed by atoms with Crippen LogP contribution in [0, 0.1) is 0 Å². The molecule has 0 aliphatic rings. The molecule has 0 radical (unpaired) electrons. The maximum atomic E-state index is 12.9. The van der Waals surface area contributed by atoms with Crippen LogP contribution in [0.2, 0.25) is 0 Å². The summed E-state index contributed by atoms with van der Waals surface area (Å²) in [5.41, 5.74) is 0. The summed E-state index contributed by atoms with van der Waals surface area (Å²) < 4.78 is 16.9. The number of carbonyl (C=O) groups excluding carboxylic acids is 3. The quantitative estimate of drug-likeness (QED) is 0.0199.